The summed E-state index contributed by atoms with van der Waals surface area (Å²) in [5, 5.41) is 7.51. The van der Waals surface area contributed by atoms with E-state index in [1.54, 1.807) is 0 Å². The molecule has 0 saturated heterocycles. The van der Waals surface area contributed by atoms with Gasteiger partial charge in [-0.1, -0.05) is 27.2 Å². The Labute approximate surface area is 107 Å². The summed E-state index contributed by atoms with van der Waals surface area (Å²) in [4.78, 5) is 2.42. The quantitative estimate of drug-likeness (QED) is 0.389. The van der Waals surface area contributed by atoms with Gasteiger partial charge in [-0.2, -0.15) is 0 Å². The van der Waals surface area contributed by atoms with E-state index in [1.807, 2.05) is 0 Å². The van der Waals surface area contributed by atoms with E-state index in [1.165, 1.54) is 12.8 Å². The third kappa shape index (κ3) is 5.53. The molecule has 0 aliphatic heterocycles. The number of nitrogens with zero attached hydrogens (tertiary/aromatic N) is 1. The van der Waals surface area contributed by atoms with Gasteiger partial charge in [0.25, 0.3) is 0 Å². The number of unbranched alkanes of at least 4 members (excludes halogenated alkanes) is 1. The van der Waals surface area contributed by atoms with Crippen LogP contribution in [0.3, 0.4) is 0 Å². The molecule has 0 aromatic carbocycles. The van der Waals surface area contributed by atoms with E-state index in [0.717, 1.165) is 19.4 Å². The van der Waals surface area contributed by atoms with Crippen LogP contribution in [0.25, 0.3) is 0 Å². The molecule has 17 heavy (non-hydrogen) atoms. The highest BCUT2D eigenvalue weighted by atomic mass is 15.2. The zero-order valence-electron chi connectivity index (χ0n) is 12.6. The molecule has 0 fully saturated rings. The van der Waals surface area contributed by atoms with E-state index in [9.17, 15) is 0 Å². The molecule has 0 aromatic rings. The molecule has 0 saturated carbocycles. The molecule has 102 valence electrons. The summed E-state index contributed by atoms with van der Waals surface area (Å²) >= 11 is 0. The van der Waals surface area contributed by atoms with Crippen LogP contribution in [0.4, 0.5) is 0 Å². The standard InChI is InChI=1S/C14H31N3/c1-7-14(4,5)17(6)11-9-8-10-13(2,3)12(15)16/h7-11H2,1-6H3,(H3,15,16). The normalized spacial score (nSPS) is 13.1. The fraction of sp³-hybridized carbons (Fsp3) is 0.929. The maximum absolute atomic E-state index is 7.51. The van der Waals surface area contributed by atoms with Crippen molar-refractivity contribution in [2.45, 2.75) is 65.8 Å². The molecule has 0 amide bonds. The average Bonchev–Trinajstić information content (AvgIpc) is 2.23. The fourth-order valence-electron chi connectivity index (χ4n) is 1.62. The first-order valence-electron chi connectivity index (χ1n) is 6.69. The van der Waals surface area contributed by atoms with Crippen molar-refractivity contribution in [1.29, 1.82) is 5.41 Å². The Bertz CT molecular complexity index is 244. The van der Waals surface area contributed by atoms with Crippen molar-refractivity contribution in [2.75, 3.05) is 13.6 Å². The van der Waals surface area contributed by atoms with E-state index in [4.69, 9.17) is 11.1 Å². The van der Waals surface area contributed by atoms with Gasteiger partial charge in [-0.3, -0.25) is 5.41 Å². The summed E-state index contributed by atoms with van der Waals surface area (Å²) in [5.74, 6) is 0.305. The van der Waals surface area contributed by atoms with Crippen molar-refractivity contribution in [3.63, 3.8) is 0 Å². The third-order valence-electron chi connectivity index (χ3n) is 4.17. The minimum atomic E-state index is -0.140. The van der Waals surface area contributed by atoms with Gasteiger partial charge in [0, 0.05) is 11.0 Å². The van der Waals surface area contributed by atoms with Crippen molar-refractivity contribution in [3.8, 4) is 0 Å². The van der Waals surface area contributed by atoms with Crippen molar-refractivity contribution >= 4 is 5.84 Å². The zero-order chi connectivity index (χ0) is 13.7. The van der Waals surface area contributed by atoms with Gasteiger partial charge in [0.1, 0.15) is 0 Å². The smallest absolute Gasteiger partial charge is 0.0963 e. The number of amidine groups is 1. The van der Waals surface area contributed by atoms with Crippen LogP contribution in [-0.4, -0.2) is 29.9 Å². The Morgan fingerprint density at radius 3 is 2.12 bits per heavy atom. The predicted octanol–water partition coefficient (Wildman–Crippen LogP) is 3.24. The molecule has 0 radical (unpaired) electrons. The lowest BCUT2D eigenvalue weighted by atomic mass is 9.86. The summed E-state index contributed by atoms with van der Waals surface area (Å²) in [7, 11) is 2.19. The van der Waals surface area contributed by atoms with E-state index in [2.05, 4.69) is 46.6 Å². The van der Waals surface area contributed by atoms with Crippen molar-refractivity contribution in [3.05, 3.63) is 0 Å². The highest BCUT2D eigenvalue weighted by molar-refractivity contribution is 5.82. The fourth-order valence-corrected chi connectivity index (χ4v) is 1.62. The van der Waals surface area contributed by atoms with Crippen LogP contribution in [0.2, 0.25) is 0 Å². The second-order valence-corrected chi connectivity index (χ2v) is 6.34. The summed E-state index contributed by atoms with van der Waals surface area (Å²) in [6, 6.07) is 0. The molecular weight excluding hydrogens is 210 g/mol. The van der Waals surface area contributed by atoms with Gasteiger partial charge in [0.15, 0.2) is 0 Å². The summed E-state index contributed by atoms with van der Waals surface area (Å²) in [5.41, 5.74) is 5.72. The minimum absolute atomic E-state index is 0.140. The van der Waals surface area contributed by atoms with Gasteiger partial charge in [-0.15, -0.1) is 0 Å². The maximum atomic E-state index is 7.51. The van der Waals surface area contributed by atoms with Gasteiger partial charge in [-0.05, 0) is 46.7 Å². The van der Waals surface area contributed by atoms with Crippen LogP contribution < -0.4 is 5.73 Å². The lowest BCUT2D eigenvalue weighted by molar-refractivity contribution is 0.147. The van der Waals surface area contributed by atoms with Gasteiger partial charge in [0.2, 0.25) is 0 Å². The molecule has 0 heterocycles. The van der Waals surface area contributed by atoms with Crippen LogP contribution in [0, 0.1) is 10.8 Å². The molecule has 0 rings (SSSR count). The SMILES string of the molecule is CCC(C)(C)N(C)CCCCC(C)(C)C(=N)N. The number of hydrogen-bond acceptors (Lipinski definition) is 2. The number of nitrogens with one attached hydrogen (secondary N) is 1. The lowest BCUT2D eigenvalue weighted by Gasteiger charge is -2.35. The van der Waals surface area contributed by atoms with Crippen molar-refractivity contribution in [1.82, 2.24) is 4.90 Å². The first-order valence-corrected chi connectivity index (χ1v) is 6.69. The van der Waals surface area contributed by atoms with Gasteiger partial charge in [-0.25, -0.2) is 0 Å². The number of nitrogens with two attached hydrogens (primary N) is 1. The zero-order valence-corrected chi connectivity index (χ0v) is 12.6. The Morgan fingerprint density at radius 2 is 1.71 bits per heavy atom. The second-order valence-electron chi connectivity index (χ2n) is 6.34. The molecule has 3 heteroatoms. The largest absolute Gasteiger partial charge is 0.387 e. The van der Waals surface area contributed by atoms with E-state index >= 15 is 0 Å². The Kier molecular flexibility index (Phi) is 6.17. The Balaban J connectivity index is 3.91. The Hall–Kier alpha value is -0.570. The highest BCUT2D eigenvalue weighted by Gasteiger charge is 2.22. The summed E-state index contributed by atoms with van der Waals surface area (Å²) in [6.07, 6.45) is 4.48. The predicted molar refractivity (Wildman–Crippen MR) is 76.5 cm³/mol. The summed E-state index contributed by atoms with van der Waals surface area (Å²) in [6.45, 7) is 12.0. The Morgan fingerprint density at radius 1 is 1.18 bits per heavy atom. The van der Waals surface area contributed by atoms with Crippen LogP contribution in [-0.2, 0) is 0 Å². The summed E-state index contributed by atoms with van der Waals surface area (Å²) < 4.78 is 0. The van der Waals surface area contributed by atoms with E-state index in [0.29, 0.717) is 5.84 Å². The molecule has 0 spiro atoms. The van der Waals surface area contributed by atoms with Gasteiger partial charge < -0.3 is 10.6 Å². The molecule has 0 aliphatic rings. The number of hydrogen-bond donors (Lipinski definition) is 2. The molecule has 3 N–H and O–H groups in total. The topological polar surface area (TPSA) is 53.1 Å². The van der Waals surface area contributed by atoms with Crippen LogP contribution >= 0.6 is 0 Å². The molecule has 0 bridgehead atoms. The third-order valence-corrected chi connectivity index (χ3v) is 4.17. The van der Waals surface area contributed by atoms with E-state index < -0.39 is 0 Å². The van der Waals surface area contributed by atoms with Gasteiger partial charge in [0.05, 0.1) is 5.84 Å². The van der Waals surface area contributed by atoms with Crippen molar-refractivity contribution in [2.24, 2.45) is 11.1 Å². The lowest BCUT2D eigenvalue weighted by Crippen LogP contribution is -2.41. The highest BCUT2D eigenvalue weighted by Crippen LogP contribution is 2.23. The molecular formula is C14H31N3. The van der Waals surface area contributed by atoms with Crippen molar-refractivity contribution < 1.29 is 0 Å². The molecule has 0 aromatic heterocycles. The monoisotopic (exact) mass is 241 g/mol. The molecule has 3 nitrogen and oxygen atoms in total. The maximum Gasteiger partial charge on any atom is 0.0963 e. The number of rotatable bonds is 8. The average molecular weight is 241 g/mol. The second kappa shape index (κ2) is 6.39. The molecule has 0 unspecified atom stereocenters. The molecule has 0 atom stereocenters. The van der Waals surface area contributed by atoms with E-state index in [-0.39, 0.29) is 11.0 Å². The molecule has 0 aliphatic carbocycles. The first kappa shape index (κ1) is 16.4. The van der Waals surface area contributed by atoms with Crippen LogP contribution in [0.5, 0.6) is 0 Å². The van der Waals surface area contributed by atoms with Gasteiger partial charge >= 0.3 is 0 Å². The van der Waals surface area contributed by atoms with Crippen LogP contribution in [0.15, 0.2) is 0 Å². The first-order chi connectivity index (χ1) is 7.63. The van der Waals surface area contributed by atoms with Crippen LogP contribution in [0.1, 0.15) is 60.3 Å². The minimum Gasteiger partial charge on any atom is -0.387 e.